The summed E-state index contributed by atoms with van der Waals surface area (Å²) >= 11 is 0. The van der Waals surface area contributed by atoms with Gasteiger partial charge in [0, 0.05) is 11.8 Å². The molecule has 0 saturated carbocycles. The molecule has 156 valence electrons. The van der Waals surface area contributed by atoms with Gasteiger partial charge in [-0.3, -0.25) is 4.79 Å². The SMILES string of the molecule is CCOc1ccc(/C=C/C(=O)Nc2ccc(C)c(-n3nnnc3C)c2)cc1OCC. The molecule has 0 aliphatic rings. The van der Waals surface area contributed by atoms with E-state index in [9.17, 15) is 4.79 Å². The first-order chi connectivity index (χ1) is 14.5. The minimum atomic E-state index is -0.245. The number of benzene rings is 2. The first-order valence-corrected chi connectivity index (χ1v) is 9.76. The van der Waals surface area contributed by atoms with Crippen LogP contribution in [0.4, 0.5) is 5.69 Å². The predicted octanol–water partition coefficient (Wildman–Crippen LogP) is 3.73. The van der Waals surface area contributed by atoms with Crippen LogP contribution in [0.25, 0.3) is 11.8 Å². The van der Waals surface area contributed by atoms with E-state index in [0.29, 0.717) is 36.2 Å². The van der Waals surface area contributed by atoms with Gasteiger partial charge in [-0.25, -0.2) is 0 Å². The van der Waals surface area contributed by atoms with Gasteiger partial charge < -0.3 is 14.8 Å². The average molecular weight is 407 g/mol. The molecule has 30 heavy (non-hydrogen) atoms. The number of aromatic nitrogens is 4. The third-order valence-corrected chi connectivity index (χ3v) is 4.32. The number of amides is 1. The van der Waals surface area contributed by atoms with E-state index in [2.05, 4.69) is 20.8 Å². The highest BCUT2D eigenvalue weighted by Crippen LogP contribution is 2.29. The highest BCUT2D eigenvalue weighted by atomic mass is 16.5. The van der Waals surface area contributed by atoms with E-state index in [1.165, 1.54) is 6.08 Å². The van der Waals surface area contributed by atoms with Crippen LogP contribution in [0, 0.1) is 13.8 Å². The molecule has 0 fully saturated rings. The number of ether oxygens (including phenoxy) is 2. The molecule has 2 aromatic carbocycles. The van der Waals surface area contributed by atoms with Crippen molar-refractivity contribution < 1.29 is 14.3 Å². The Kier molecular flexibility index (Phi) is 6.79. The Morgan fingerprint density at radius 2 is 1.83 bits per heavy atom. The van der Waals surface area contributed by atoms with Crippen molar-refractivity contribution in [1.29, 1.82) is 0 Å². The van der Waals surface area contributed by atoms with Crippen molar-refractivity contribution in [1.82, 2.24) is 20.2 Å². The van der Waals surface area contributed by atoms with Gasteiger partial charge in [-0.2, -0.15) is 4.68 Å². The van der Waals surface area contributed by atoms with Gasteiger partial charge in [0.2, 0.25) is 5.91 Å². The normalized spacial score (nSPS) is 10.9. The van der Waals surface area contributed by atoms with E-state index < -0.39 is 0 Å². The average Bonchev–Trinajstić information content (AvgIpc) is 3.15. The molecule has 1 heterocycles. The van der Waals surface area contributed by atoms with E-state index in [1.807, 2.05) is 64.1 Å². The Labute approximate surface area is 175 Å². The number of anilines is 1. The van der Waals surface area contributed by atoms with Crippen molar-refractivity contribution in [3.63, 3.8) is 0 Å². The van der Waals surface area contributed by atoms with Crippen molar-refractivity contribution in [2.45, 2.75) is 27.7 Å². The molecule has 8 heteroatoms. The quantitative estimate of drug-likeness (QED) is 0.572. The molecule has 0 aliphatic carbocycles. The zero-order valence-corrected chi connectivity index (χ0v) is 17.5. The summed E-state index contributed by atoms with van der Waals surface area (Å²) in [5.74, 6) is 1.76. The third-order valence-electron chi connectivity index (χ3n) is 4.32. The summed E-state index contributed by atoms with van der Waals surface area (Å²) in [6.07, 6.45) is 3.21. The molecule has 1 N–H and O–H groups in total. The van der Waals surface area contributed by atoms with Gasteiger partial charge in [0.05, 0.1) is 18.9 Å². The van der Waals surface area contributed by atoms with Gasteiger partial charge in [-0.15, -0.1) is 5.10 Å². The van der Waals surface area contributed by atoms with Crippen molar-refractivity contribution in [3.05, 3.63) is 59.4 Å². The zero-order valence-electron chi connectivity index (χ0n) is 17.5. The Balaban J connectivity index is 1.74. The van der Waals surface area contributed by atoms with E-state index in [-0.39, 0.29) is 5.91 Å². The summed E-state index contributed by atoms with van der Waals surface area (Å²) in [5, 5.41) is 14.4. The van der Waals surface area contributed by atoms with Gasteiger partial charge in [-0.1, -0.05) is 12.1 Å². The number of nitrogens with zero attached hydrogens (tertiary/aromatic N) is 4. The van der Waals surface area contributed by atoms with Crippen LogP contribution in [-0.4, -0.2) is 39.3 Å². The maximum absolute atomic E-state index is 12.4. The smallest absolute Gasteiger partial charge is 0.248 e. The van der Waals surface area contributed by atoms with Crippen molar-refractivity contribution in [2.75, 3.05) is 18.5 Å². The summed E-state index contributed by atoms with van der Waals surface area (Å²) in [6, 6.07) is 11.2. The molecule has 0 radical (unpaired) electrons. The van der Waals surface area contributed by atoms with Gasteiger partial charge in [0.25, 0.3) is 0 Å². The number of carbonyl (C=O) groups excluding carboxylic acids is 1. The molecule has 0 atom stereocenters. The molecule has 0 bridgehead atoms. The first-order valence-electron chi connectivity index (χ1n) is 9.76. The molecule has 0 spiro atoms. The Morgan fingerprint density at radius 3 is 2.53 bits per heavy atom. The summed E-state index contributed by atoms with van der Waals surface area (Å²) in [5.41, 5.74) is 3.30. The van der Waals surface area contributed by atoms with Crippen LogP contribution in [0.2, 0.25) is 0 Å². The molecule has 0 saturated heterocycles. The first kappa shape index (κ1) is 21.0. The fourth-order valence-electron chi connectivity index (χ4n) is 2.90. The second kappa shape index (κ2) is 9.69. The van der Waals surface area contributed by atoms with Crippen molar-refractivity contribution in [2.24, 2.45) is 0 Å². The van der Waals surface area contributed by atoms with E-state index in [1.54, 1.807) is 10.8 Å². The lowest BCUT2D eigenvalue weighted by molar-refractivity contribution is -0.111. The maximum atomic E-state index is 12.4. The number of hydrogen-bond donors (Lipinski definition) is 1. The molecule has 0 aliphatic heterocycles. The fourth-order valence-corrected chi connectivity index (χ4v) is 2.90. The molecule has 1 amide bonds. The summed E-state index contributed by atoms with van der Waals surface area (Å²) in [6.45, 7) is 8.71. The second-order valence-electron chi connectivity index (χ2n) is 6.53. The molecule has 1 aromatic heterocycles. The van der Waals surface area contributed by atoms with Crippen molar-refractivity contribution in [3.8, 4) is 17.2 Å². The topological polar surface area (TPSA) is 91.2 Å². The van der Waals surface area contributed by atoms with Crippen LogP contribution in [0.3, 0.4) is 0 Å². The number of nitrogens with one attached hydrogen (secondary N) is 1. The van der Waals surface area contributed by atoms with Crippen LogP contribution in [0.5, 0.6) is 11.5 Å². The lowest BCUT2D eigenvalue weighted by atomic mass is 10.1. The summed E-state index contributed by atoms with van der Waals surface area (Å²) in [4.78, 5) is 12.4. The van der Waals surface area contributed by atoms with Gasteiger partial charge in [0.15, 0.2) is 17.3 Å². The Morgan fingerprint density at radius 1 is 1.07 bits per heavy atom. The molecule has 3 rings (SSSR count). The number of tetrazole rings is 1. The van der Waals surface area contributed by atoms with E-state index in [0.717, 1.165) is 16.8 Å². The van der Waals surface area contributed by atoms with Gasteiger partial charge in [-0.05, 0) is 79.6 Å². The highest BCUT2D eigenvalue weighted by molar-refractivity contribution is 6.02. The lowest BCUT2D eigenvalue weighted by Gasteiger charge is -2.11. The highest BCUT2D eigenvalue weighted by Gasteiger charge is 2.09. The molecule has 0 unspecified atom stereocenters. The summed E-state index contributed by atoms with van der Waals surface area (Å²) in [7, 11) is 0. The number of aryl methyl sites for hydroxylation is 2. The monoisotopic (exact) mass is 407 g/mol. The number of rotatable bonds is 8. The van der Waals surface area contributed by atoms with E-state index >= 15 is 0 Å². The second-order valence-corrected chi connectivity index (χ2v) is 6.53. The standard InChI is InChI=1S/C22H25N5O3/c1-5-29-20-11-8-17(13-21(20)30-6-2)9-12-22(28)23-18-10-7-15(3)19(14-18)27-16(4)24-25-26-27/h7-14H,5-6H2,1-4H3,(H,23,28)/b12-9+. The molecular formula is C22H25N5O3. The van der Waals surface area contributed by atoms with E-state index in [4.69, 9.17) is 9.47 Å². The zero-order chi connectivity index (χ0) is 21.5. The molecule has 8 nitrogen and oxygen atoms in total. The van der Waals surface area contributed by atoms with Crippen molar-refractivity contribution >= 4 is 17.7 Å². The van der Waals surface area contributed by atoms with Crippen LogP contribution in [0.15, 0.2) is 42.5 Å². The Bertz CT molecular complexity index is 1060. The predicted molar refractivity (Wildman–Crippen MR) is 115 cm³/mol. The number of hydrogen-bond acceptors (Lipinski definition) is 6. The van der Waals surface area contributed by atoms with Gasteiger partial charge >= 0.3 is 0 Å². The minimum Gasteiger partial charge on any atom is -0.490 e. The summed E-state index contributed by atoms with van der Waals surface area (Å²) < 4.78 is 12.8. The third kappa shape index (κ3) is 5.02. The molecular weight excluding hydrogens is 382 g/mol. The van der Waals surface area contributed by atoms with Gasteiger partial charge in [0.1, 0.15) is 0 Å². The van der Waals surface area contributed by atoms with Crippen LogP contribution < -0.4 is 14.8 Å². The fraction of sp³-hybridized carbons (Fsp3) is 0.273. The lowest BCUT2D eigenvalue weighted by Crippen LogP contribution is -2.09. The van der Waals surface area contributed by atoms with Crippen LogP contribution in [-0.2, 0) is 4.79 Å². The van der Waals surface area contributed by atoms with Crippen LogP contribution >= 0.6 is 0 Å². The maximum Gasteiger partial charge on any atom is 0.248 e. The Hall–Kier alpha value is -3.68. The number of carbonyl (C=O) groups is 1. The largest absolute Gasteiger partial charge is 0.490 e. The van der Waals surface area contributed by atoms with Crippen LogP contribution in [0.1, 0.15) is 30.8 Å². The molecule has 3 aromatic rings. The minimum absolute atomic E-state index is 0.245.